The van der Waals surface area contributed by atoms with E-state index < -0.39 is 5.69 Å². The van der Waals surface area contributed by atoms with Crippen molar-refractivity contribution in [3.63, 3.8) is 0 Å². The van der Waals surface area contributed by atoms with E-state index in [9.17, 15) is 14.4 Å². The number of aromatic nitrogens is 2. The minimum Gasteiger partial charge on any atom is -0.306 e. The number of anilines is 1. The first-order valence-electron chi connectivity index (χ1n) is 10.8. The zero-order valence-electron chi connectivity index (χ0n) is 17.5. The Labute approximate surface area is 188 Å². The van der Waals surface area contributed by atoms with Crippen molar-refractivity contribution in [3.8, 4) is 0 Å². The lowest BCUT2D eigenvalue weighted by atomic mass is 9.97. The van der Waals surface area contributed by atoms with Gasteiger partial charge in [0.25, 0.3) is 5.56 Å². The van der Waals surface area contributed by atoms with Crippen LogP contribution in [0, 0.1) is 0 Å². The molecular weight excluding hydrogens is 422 g/mol. The Balaban J connectivity index is 1.53. The van der Waals surface area contributed by atoms with Gasteiger partial charge in [-0.3, -0.25) is 19.1 Å². The molecule has 0 aliphatic heterocycles. The lowest BCUT2D eigenvalue weighted by Gasteiger charge is -2.23. The molecule has 0 radical (unpaired) electrons. The number of rotatable bonds is 5. The van der Waals surface area contributed by atoms with E-state index in [0.29, 0.717) is 16.8 Å². The molecule has 0 bridgehead atoms. The number of fused-ring (bicyclic) bond motifs is 3. The Hall–Kier alpha value is -3.45. The molecule has 0 saturated heterocycles. The second kappa shape index (κ2) is 8.59. The fourth-order valence-electron chi connectivity index (χ4n) is 4.33. The van der Waals surface area contributed by atoms with Crippen molar-refractivity contribution in [3.05, 3.63) is 97.5 Å². The van der Waals surface area contributed by atoms with Gasteiger partial charge in [0.05, 0.1) is 11.9 Å². The van der Waals surface area contributed by atoms with Gasteiger partial charge in [-0.25, -0.2) is 4.79 Å². The summed E-state index contributed by atoms with van der Waals surface area (Å²) in [5.74, 6) is -0.309. The van der Waals surface area contributed by atoms with E-state index in [-0.39, 0.29) is 18.0 Å². The maximum atomic E-state index is 13.4. The van der Waals surface area contributed by atoms with Crippen LogP contribution in [0.2, 0.25) is 0 Å². The molecule has 1 N–H and O–H groups in total. The first-order chi connectivity index (χ1) is 15.6. The summed E-state index contributed by atoms with van der Waals surface area (Å²) in [7, 11) is 0. The smallest absolute Gasteiger partial charge is 0.306 e. The molecule has 7 heteroatoms. The third kappa shape index (κ3) is 3.80. The molecule has 0 fully saturated rings. The van der Waals surface area contributed by atoms with E-state index in [0.717, 1.165) is 47.1 Å². The second-order valence-corrected chi connectivity index (χ2v) is 9.14. The molecular formula is C25H23N3O3S. The van der Waals surface area contributed by atoms with Crippen molar-refractivity contribution in [2.75, 3.05) is 4.90 Å². The van der Waals surface area contributed by atoms with Gasteiger partial charge in [0, 0.05) is 10.6 Å². The molecule has 5 rings (SSSR count). The molecule has 4 aromatic rings. The van der Waals surface area contributed by atoms with E-state index in [1.54, 1.807) is 4.90 Å². The number of para-hydroxylation sites is 1. The van der Waals surface area contributed by atoms with Crippen LogP contribution in [-0.2, 0) is 30.7 Å². The zero-order valence-corrected chi connectivity index (χ0v) is 18.4. The van der Waals surface area contributed by atoms with Crippen molar-refractivity contribution >= 4 is 33.1 Å². The Kier molecular flexibility index (Phi) is 5.49. The molecule has 162 valence electrons. The van der Waals surface area contributed by atoms with Crippen LogP contribution in [0.5, 0.6) is 0 Å². The van der Waals surface area contributed by atoms with Crippen LogP contribution < -0.4 is 16.1 Å². The van der Waals surface area contributed by atoms with Gasteiger partial charge >= 0.3 is 5.69 Å². The minimum atomic E-state index is -0.540. The molecule has 0 unspecified atom stereocenters. The van der Waals surface area contributed by atoms with Gasteiger partial charge in [0.1, 0.15) is 11.4 Å². The Morgan fingerprint density at radius 1 is 0.969 bits per heavy atom. The van der Waals surface area contributed by atoms with E-state index in [2.05, 4.69) is 4.98 Å². The predicted octanol–water partition coefficient (Wildman–Crippen LogP) is 3.86. The number of thiophene rings is 1. The summed E-state index contributed by atoms with van der Waals surface area (Å²) >= 11 is 1.50. The number of aryl methyl sites for hydroxylation is 2. The lowest BCUT2D eigenvalue weighted by Crippen LogP contribution is -2.42. The molecule has 6 nitrogen and oxygen atoms in total. The molecule has 1 aliphatic carbocycles. The molecule has 2 heterocycles. The summed E-state index contributed by atoms with van der Waals surface area (Å²) in [5, 5.41) is 0.575. The number of carbonyl (C=O) groups excluding carboxylic acids is 1. The average Bonchev–Trinajstić information content (AvgIpc) is 3.19. The normalized spacial score (nSPS) is 13.1. The number of nitrogens with one attached hydrogen (secondary N) is 1. The minimum absolute atomic E-state index is 0.309. The van der Waals surface area contributed by atoms with Crippen LogP contribution in [0.1, 0.15) is 28.8 Å². The van der Waals surface area contributed by atoms with E-state index in [4.69, 9.17) is 0 Å². The third-order valence-electron chi connectivity index (χ3n) is 5.94. The highest BCUT2D eigenvalue weighted by molar-refractivity contribution is 7.18. The summed E-state index contributed by atoms with van der Waals surface area (Å²) in [5.41, 5.74) is 1.82. The Morgan fingerprint density at radius 2 is 1.66 bits per heavy atom. The highest BCUT2D eigenvalue weighted by atomic mass is 32.1. The van der Waals surface area contributed by atoms with E-state index >= 15 is 0 Å². The van der Waals surface area contributed by atoms with Crippen LogP contribution in [0.25, 0.3) is 10.2 Å². The molecule has 0 saturated carbocycles. The maximum Gasteiger partial charge on any atom is 0.329 e. The van der Waals surface area contributed by atoms with Crippen molar-refractivity contribution < 1.29 is 4.79 Å². The number of hydrogen-bond donors (Lipinski definition) is 1. The van der Waals surface area contributed by atoms with Gasteiger partial charge in [0.2, 0.25) is 5.91 Å². The summed E-state index contributed by atoms with van der Waals surface area (Å²) < 4.78 is 1.05. The van der Waals surface area contributed by atoms with Crippen molar-refractivity contribution in [2.45, 2.75) is 38.8 Å². The fourth-order valence-corrected chi connectivity index (χ4v) is 5.60. The number of amides is 1. The largest absolute Gasteiger partial charge is 0.329 e. The predicted molar refractivity (Wildman–Crippen MR) is 127 cm³/mol. The fraction of sp³-hybridized carbons (Fsp3) is 0.240. The van der Waals surface area contributed by atoms with Crippen LogP contribution in [0.15, 0.2) is 70.3 Å². The topological polar surface area (TPSA) is 75.2 Å². The third-order valence-corrected chi connectivity index (χ3v) is 7.15. The second-order valence-electron chi connectivity index (χ2n) is 8.04. The molecule has 1 amide bonds. The molecule has 2 aromatic carbocycles. The summed E-state index contributed by atoms with van der Waals surface area (Å²) in [6.07, 6.45) is 3.92. The first kappa shape index (κ1) is 20.5. The molecule has 2 aromatic heterocycles. The van der Waals surface area contributed by atoms with Crippen molar-refractivity contribution in [1.29, 1.82) is 0 Å². The van der Waals surface area contributed by atoms with Crippen LogP contribution in [0.3, 0.4) is 0 Å². The average molecular weight is 446 g/mol. The number of carbonyl (C=O) groups is 1. The van der Waals surface area contributed by atoms with Gasteiger partial charge in [0.15, 0.2) is 0 Å². The van der Waals surface area contributed by atoms with Crippen LogP contribution in [-0.4, -0.2) is 15.5 Å². The highest BCUT2D eigenvalue weighted by Gasteiger charge is 2.23. The number of benzene rings is 2. The van der Waals surface area contributed by atoms with Gasteiger partial charge in [-0.15, -0.1) is 11.3 Å². The summed E-state index contributed by atoms with van der Waals surface area (Å²) in [4.78, 5) is 45.7. The summed E-state index contributed by atoms with van der Waals surface area (Å²) in [6, 6.07) is 19.0. The lowest BCUT2D eigenvalue weighted by molar-refractivity contribution is -0.119. The highest BCUT2D eigenvalue weighted by Crippen LogP contribution is 2.33. The van der Waals surface area contributed by atoms with E-state index in [1.165, 1.54) is 16.2 Å². The van der Waals surface area contributed by atoms with Gasteiger partial charge < -0.3 is 4.90 Å². The van der Waals surface area contributed by atoms with E-state index in [1.807, 2.05) is 60.7 Å². The molecule has 0 spiro atoms. The maximum absolute atomic E-state index is 13.4. The Bertz CT molecular complexity index is 1390. The number of H-pyrrole nitrogens is 1. The number of hydrogen-bond acceptors (Lipinski definition) is 4. The van der Waals surface area contributed by atoms with Gasteiger partial charge in [-0.2, -0.15) is 0 Å². The quantitative estimate of drug-likeness (QED) is 0.507. The first-order valence-corrected chi connectivity index (χ1v) is 11.6. The number of nitrogens with zero attached hydrogens (tertiary/aromatic N) is 2. The Morgan fingerprint density at radius 3 is 2.41 bits per heavy atom. The van der Waals surface area contributed by atoms with Crippen LogP contribution >= 0.6 is 11.3 Å². The monoisotopic (exact) mass is 445 g/mol. The van der Waals surface area contributed by atoms with Gasteiger partial charge in [-0.1, -0.05) is 48.5 Å². The molecule has 32 heavy (non-hydrogen) atoms. The SMILES string of the molecule is O=C(Cn1c(=O)[nH]c2sc3c(c2c1=O)CCCC3)N(Cc1ccccc1)c1ccccc1. The van der Waals surface area contributed by atoms with Crippen molar-refractivity contribution in [2.24, 2.45) is 0 Å². The van der Waals surface area contributed by atoms with Crippen molar-refractivity contribution in [1.82, 2.24) is 9.55 Å². The standard InChI is InChI=1S/C25H23N3O3S/c29-21(27(18-11-5-2-6-12-18)15-17-9-3-1-4-10-17)16-28-24(30)22-19-13-7-8-14-20(19)32-23(22)26-25(28)31/h1-6,9-12H,7-8,13-16H2,(H,26,31). The molecule has 1 aliphatic rings. The van der Waals surface area contributed by atoms with Crippen LogP contribution in [0.4, 0.5) is 5.69 Å². The zero-order chi connectivity index (χ0) is 22.1. The molecule has 0 atom stereocenters. The summed E-state index contributed by atoms with van der Waals surface area (Å²) in [6.45, 7) is 0.0445. The van der Waals surface area contributed by atoms with Gasteiger partial charge in [-0.05, 0) is 48.9 Å². The number of aromatic amines is 1.